The summed E-state index contributed by atoms with van der Waals surface area (Å²) < 4.78 is 7.49. The zero-order valence-corrected chi connectivity index (χ0v) is 19.7. The highest BCUT2D eigenvalue weighted by atomic mass is 35.5. The molecule has 1 amide bonds. The fourth-order valence-electron chi connectivity index (χ4n) is 3.73. The van der Waals surface area contributed by atoms with Gasteiger partial charge in [-0.2, -0.15) is 0 Å². The van der Waals surface area contributed by atoms with E-state index in [2.05, 4.69) is 5.32 Å². The van der Waals surface area contributed by atoms with Gasteiger partial charge in [0, 0.05) is 29.0 Å². The number of hydrogen-bond donors (Lipinski definition) is 1. The number of rotatable bonds is 7. The first-order valence-electron chi connectivity index (χ1n) is 10.7. The summed E-state index contributed by atoms with van der Waals surface area (Å²) in [6.07, 6.45) is 1.94. The molecule has 6 nitrogen and oxygen atoms in total. The topological polar surface area (TPSA) is 73.2 Å². The van der Waals surface area contributed by atoms with Gasteiger partial charge < -0.3 is 10.1 Å². The van der Waals surface area contributed by atoms with Crippen LogP contribution in [0.3, 0.4) is 0 Å². The number of aromatic nitrogens is 2. The Morgan fingerprint density at radius 2 is 2.16 bits per heavy atom. The third-order valence-electron chi connectivity index (χ3n) is 5.27. The van der Waals surface area contributed by atoms with Crippen molar-refractivity contribution in [1.82, 2.24) is 14.9 Å². The molecule has 1 N–H and O–H groups in total. The van der Waals surface area contributed by atoms with Crippen LogP contribution in [0, 0.1) is 0 Å². The molecule has 0 bridgehead atoms. The molecule has 8 heteroatoms. The van der Waals surface area contributed by atoms with E-state index >= 15 is 0 Å². The number of fused-ring (bicyclic) bond motifs is 1. The molecular formula is C24H26ClN3O3S. The minimum Gasteiger partial charge on any atom is -0.376 e. The van der Waals surface area contributed by atoms with Crippen LogP contribution in [0.5, 0.6) is 0 Å². The molecule has 2 aromatic carbocycles. The summed E-state index contributed by atoms with van der Waals surface area (Å²) in [5.41, 5.74) is 1.94. The summed E-state index contributed by atoms with van der Waals surface area (Å²) in [5, 5.41) is 4.66. The predicted octanol–water partition coefficient (Wildman–Crippen LogP) is 4.66. The molecule has 168 valence electrons. The van der Waals surface area contributed by atoms with Crippen molar-refractivity contribution in [2.45, 2.75) is 56.3 Å². The third kappa shape index (κ3) is 5.34. The predicted molar refractivity (Wildman–Crippen MR) is 129 cm³/mol. The lowest BCUT2D eigenvalue weighted by molar-refractivity contribution is 0.0937. The van der Waals surface area contributed by atoms with E-state index in [1.54, 1.807) is 22.8 Å². The molecule has 0 spiro atoms. The molecule has 1 saturated heterocycles. The van der Waals surface area contributed by atoms with Crippen LogP contribution in [0.2, 0.25) is 5.02 Å². The Morgan fingerprint density at radius 3 is 2.88 bits per heavy atom. The molecule has 32 heavy (non-hydrogen) atoms. The van der Waals surface area contributed by atoms with Crippen molar-refractivity contribution < 1.29 is 9.53 Å². The zero-order chi connectivity index (χ0) is 22.7. The van der Waals surface area contributed by atoms with Gasteiger partial charge >= 0.3 is 0 Å². The second-order valence-corrected chi connectivity index (χ2v) is 9.60. The zero-order valence-electron chi connectivity index (χ0n) is 18.1. The fraction of sp³-hybridized carbons (Fsp3) is 0.375. The van der Waals surface area contributed by atoms with Gasteiger partial charge in [0.25, 0.3) is 11.5 Å². The summed E-state index contributed by atoms with van der Waals surface area (Å²) in [4.78, 5) is 30.6. The molecule has 4 rings (SSSR count). The standard InChI is InChI=1S/C24H26ClN3O3S/c1-15(2)26-22(29)17-8-9-20-21(12-17)27-24(32-14-16-5-3-6-18(25)11-16)28(23(20)30)13-19-7-4-10-31-19/h3,5-6,8-9,11-12,15,19H,4,7,10,13-14H2,1-2H3,(H,26,29). The average molecular weight is 472 g/mol. The Bertz CT molecular complexity index is 1190. The van der Waals surface area contributed by atoms with Crippen molar-refractivity contribution in [1.29, 1.82) is 0 Å². The fourth-order valence-corrected chi connectivity index (χ4v) is 4.89. The molecule has 0 radical (unpaired) electrons. The van der Waals surface area contributed by atoms with Gasteiger partial charge in [-0.15, -0.1) is 0 Å². The molecule has 0 aliphatic carbocycles. The molecule has 2 heterocycles. The lowest BCUT2D eigenvalue weighted by atomic mass is 10.1. The Morgan fingerprint density at radius 1 is 1.31 bits per heavy atom. The van der Waals surface area contributed by atoms with Crippen LogP contribution in [0.1, 0.15) is 42.6 Å². The summed E-state index contributed by atoms with van der Waals surface area (Å²) in [5.74, 6) is 0.442. The summed E-state index contributed by atoms with van der Waals surface area (Å²) >= 11 is 7.61. The van der Waals surface area contributed by atoms with Crippen molar-refractivity contribution in [3.05, 3.63) is 69.0 Å². The number of carbonyl (C=O) groups excluding carboxylic acids is 1. The van der Waals surface area contributed by atoms with Crippen LogP contribution in [0.15, 0.2) is 52.4 Å². The summed E-state index contributed by atoms with van der Waals surface area (Å²) in [6.45, 7) is 5.01. The lowest BCUT2D eigenvalue weighted by Gasteiger charge is -2.17. The van der Waals surface area contributed by atoms with E-state index in [9.17, 15) is 9.59 Å². The first-order valence-corrected chi connectivity index (χ1v) is 12.1. The van der Waals surface area contributed by atoms with E-state index in [-0.39, 0.29) is 23.6 Å². The Hall–Kier alpha value is -2.35. The number of amides is 1. The van der Waals surface area contributed by atoms with Gasteiger partial charge in [0.2, 0.25) is 0 Å². The lowest BCUT2D eigenvalue weighted by Crippen LogP contribution is -2.31. The number of nitrogens with one attached hydrogen (secondary N) is 1. The van der Waals surface area contributed by atoms with E-state index < -0.39 is 0 Å². The highest BCUT2D eigenvalue weighted by molar-refractivity contribution is 7.98. The van der Waals surface area contributed by atoms with Crippen LogP contribution in [-0.4, -0.2) is 34.2 Å². The van der Waals surface area contributed by atoms with Crippen molar-refractivity contribution in [2.24, 2.45) is 0 Å². The van der Waals surface area contributed by atoms with Crippen LogP contribution in [0.25, 0.3) is 10.9 Å². The normalized spacial score (nSPS) is 16.1. The summed E-state index contributed by atoms with van der Waals surface area (Å²) in [7, 11) is 0. The molecule has 1 atom stereocenters. The third-order valence-corrected chi connectivity index (χ3v) is 6.55. The van der Waals surface area contributed by atoms with E-state index in [4.69, 9.17) is 21.3 Å². The molecule has 1 aliphatic rings. The van der Waals surface area contributed by atoms with Gasteiger partial charge in [-0.1, -0.05) is 35.5 Å². The number of ether oxygens (including phenoxy) is 1. The van der Waals surface area contributed by atoms with Gasteiger partial charge in [0.15, 0.2) is 5.16 Å². The van der Waals surface area contributed by atoms with Crippen molar-refractivity contribution in [3.63, 3.8) is 0 Å². The van der Waals surface area contributed by atoms with E-state index in [0.717, 1.165) is 25.0 Å². The van der Waals surface area contributed by atoms with Crippen LogP contribution >= 0.6 is 23.4 Å². The van der Waals surface area contributed by atoms with Gasteiger partial charge in [-0.05, 0) is 62.6 Å². The first-order chi connectivity index (χ1) is 15.4. The minimum atomic E-state index is -0.180. The van der Waals surface area contributed by atoms with Gasteiger partial charge in [-0.3, -0.25) is 14.2 Å². The SMILES string of the molecule is CC(C)NC(=O)c1ccc2c(=O)n(CC3CCCO3)c(SCc3cccc(Cl)c3)nc2c1. The molecular weight excluding hydrogens is 446 g/mol. The van der Waals surface area contributed by atoms with Crippen LogP contribution < -0.4 is 10.9 Å². The average Bonchev–Trinajstić information content (AvgIpc) is 3.27. The summed E-state index contributed by atoms with van der Waals surface area (Å²) in [6, 6.07) is 12.7. The van der Waals surface area contributed by atoms with Gasteiger partial charge in [0.1, 0.15) is 0 Å². The van der Waals surface area contributed by atoms with Gasteiger partial charge in [-0.25, -0.2) is 4.98 Å². The number of hydrogen-bond acceptors (Lipinski definition) is 5. The van der Waals surface area contributed by atoms with E-state index in [1.165, 1.54) is 11.8 Å². The first kappa shape index (κ1) is 22.8. The maximum Gasteiger partial charge on any atom is 0.262 e. The smallest absolute Gasteiger partial charge is 0.262 e. The quantitative estimate of drug-likeness (QED) is 0.400. The van der Waals surface area contributed by atoms with Gasteiger partial charge in [0.05, 0.1) is 23.6 Å². The number of nitrogens with zero attached hydrogens (tertiary/aromatic N) is 2. The molecule has 1 fully saturated rings. The van der Waals surface area contributed by atoms with Crippen LogP contribution in [-0.2, 0) is 17.0 Å². The molecule has 0 saturated carbocycles. The number of thioether (sulfide) groups is 1. The maximum absolute atomic E-state index is 13.4. The molecule has 1 aliphatic heterocycles. The molecule has 3 aromatic rings. The molecule has 1 aromatic heterocycles. The highest BCUT2D eigenvalue weighted by Crippen LogP contribution is 2.25. The van der Waals surface area contributed by atoms with E-state index in [1.807, 2.05) is 38.1 Å². The second kappa shape index (κ2) is 10.1. The maximum atomic E-state index is 13.4. The monoisotopic (exact) mass is 471 g/mol. The van der Waals surface area contributed by atoms with Crippen molar-refractivity contribution in [2.75, 3.05) is 6.61 Å². The second-order valence-electron chi connectivity index (χ2n) is 8.22. The Balaban J connectivity index is 1.72. The van der Waals surface area contributed by atoms with E-state index in [0.29, 0.717) is 38.9 Å². The number of halogens is 1. The number of carbonyl (C=O) groups is 1. The minimum absolute atomic E-state index is 0.00793. The van der Waals surface area contributed by atoms with Crippen molar-refractivity contribution in [3.8, 4) is 0 Å². The Kier molecular flexibility index (Phi) is 7.18. The largest absolute Gasteiger partial charge is 0.376 e. The molecule has 1 unspecified atom stereocenters. The number of benzene rings is 2. The Labute approximate surface area is 196 Å². The van der Waals surface area contributed by atoms with Crippen LogP contribution in [0.4, 0.5) is 0 Å². The highest BCUT2D eigenvalue weighted by Gasteiger charge is 2.21. The van der Waals surface area contributed by atoms with Crippen molar-refractivity contribution >= 4 is 40.2 Å².